The van der Waals surface area contributed by atoms with Crippen LogP contribution in [0.4, 0.5) is 0 Å². The van der Waals surface area contributed by atoms with Gasteiger partial charge in [0.15, 0.2) is 5.65 Å². The molecule has 0 unspecified atom stereocenters. The predicted octanol–water partition coefficient (Wildman–Crippen LogP) is 3.92. The summed E-state index contributed by atoms with van der Waals surface area (Å²) < 4.78 is 1.82. The molecule has 2 aromatic carbocycles. The molecule has 1 aliphatic heterocycles. The van der Waals surface area contributed by atoms with Crippen LogP contribution in [-0.4, -0.2) is 61.9 Å². The first-order valence-corrected chi connectivity index (χ1v) is 12.4. The molecule has 5 aromatic rings. The van der Waals surface area contributed by atoms with E-state index < -0.39 is 0 Å². The lowest BCUT2D eigenvalue weighted by atomic mass is 10.1. The Balaban J connectivity index is 1.17. The highest BCUT2D eigenvalue weighted by Crippen LogP contribution is 2.22. The number of rotatable bonds is 7. The van der Waals surface area contributed by atoms with Gasteiger partial charge in [-0.25, -0.2) is 9.67 Å². The molecule has 1 saturated heterocycles. The maximum Gasteiger partial charge on any atom is 0.251 e. The predicted molar refractivity (Wildman–Crippen MR) is 140 cm³/mol. The molecular formula is C28H27N7O. The number of hydrogen-bond acceptors (Lipinski definition) is 6. The monoisotopic (exact) mass is 477 g/mol. The fourth-order valence-corrected chi connectivity index (χ4v) is 4.75. The molecular weight excluding hydrogens is 450 g/mol. The summed E-state index contributed by atoms with van der Waals surface area (Å²) in [5.74, 6) is -0.0444. The van der Waals surface area contributed by atoms with Gasteiger partial charge in [0.2, 0.25) is 0 Å². The second-order valence-electron chi connectivity index (χ2n) is 9.20. The third-order valence-electron chi connectivity index (χ3n) is 6.71. The second kappa shape index (κ2) is 9.83. The van der Waals surface area contributed by atoms with Gasteiger partial charge < -0.3 is 10.2 Å². The van der Waals surface area contributed by atoms with E-state index in [1.54, 1.807) is 6.20 Å². The van der Waals surface area contributed by atoms with Gasteiger partial charge in [-0.05, 0) is 74.0 Å². The van der Waals surface area contributed by atoms with Crippen LogP contribution in [0.25, 0.3) is 33.3 Å². The highest BCUT2D eigenvalue weighted by molar-refractivity contribution is 5.94. The quantitative estimate of drug-likeness (QED) is 0.382. The number of fused-ring (bicyclic) bond motifs is 2. The normalized spacial score (nSPS) is 14.0. The van der Waals surface area contributed by atoms with Crippen molar-refractivity contribution in [2.45, 2.75) is 19.4 Å². The summed E-state index contributed by atoms with van der Waals surface area (Å²) in [6, 6.07) is 21.6. The Hall–Kier alpha value is -4.17. The standard InChI is InChI=1S/C28H27N7O/c36-28(30-14-17-34-15-1-2-16-34)22-8-6-21(7-9-22)25-11-12-26-27(31-25)35(33-32-26)19-20-5-10-24-23(18-20)4-3-13-29-24/h3-13,18H,1-2,14-17,19H2,(H,30,36). The average Bonchev–Trinajstić information content (AvgIpc) is 3.59. The fourth-order valence-electron chi connectivity index (χ4n) is 4.75. The van der Waals surface area contributed by atoms with Crippen molar-refractivity contribution in [1.29, 1.82) is 0 Å². The number of hydrogen-bond donors (Lipinski definition) is 1. The summed E-state index contributed by atoms with van der Waals surface area (Å²) in [4.78, 5) is 24.2. The number of amides is 1. The van der Waals surface area contributed by atoms with Crippen LogP contribution in [0, 0.1) is 0 Å². The van der Waals surface area contributed by atoms with E-state index in [1.807, 2.05) is 53.2 Å². The molecule has 1 amide bonds. The van der Waals surface area contributed by atoms with Gasteiger partial charge in [-0.3, -0.25) is 9.78 Å². The highest BCUT2D eigenvalue weighted by atomic mass is 16.1. The lowest BCUT2D eigenvalue weighted by molar-refractivity contribution is 0.0950. The van der Waals surface area contributed by atoms with E-state index >= 15 is 0 Å². The molecule has 0 bridgehead atoms. The molecule has 36 heavy (non-hydrogen) atoms. The van der Waals surface area contributed by atoms with Gasteiger partial charge in [-0.15, -0.1) is 5.10 Å². The molecule has 8 nitrogen and oxygen atoms in total. The third-order valence-corrected chi connectivity index (χ3v) is 6.71. The Morgan fingerprint density at radius 2 is 1.78 bits per heavy atom. The Labute approximate surface area is 209 Å². The van der Waals surface area contributed by atoms with Crippen LogP contribution in [0.2, 0.25) is 0 Å². The first kappa shape index (κ1) is 22.3. The molecule has 0 radical (unpaired) electrons. The molecule has 8 heteroatoms. The molecule has 1 N–H and O–H groups in total. The van der Waals surface area contributed by atoms with Gasteiger partial charge in [0.05, 0.1) is 17.8 Å². The molecule has 3 aromatic heterocycles. The van der Waals surface area contributed by atoms with Crippen LogP contribution in [0.1, 0.15) is 28.8 Å². The van der Waals surface area contributed by atoms with Crippen LogP contribution in [0.5, 0.6) is 0 Å². The first-order chi connectivity index (χ1) is 17.7. The average molecular weight is 478 g/mol. The second-order valence-corrected chi connectivity index (χ2v) is 9.20. The maximum absolute atomic E-state index is 12.5. The Kier molecular flexibility index (Phi) is 6.09. The number of carbonyl (C=O) groups excluding carboxylic acids is 1. The summed E-state index contributed by atoms with van der Waals surface area (Å²) in [6.45, 7) is 4.41. The number of nitrogens with zero attached hydrogens (tertiary/aromatic N) is 6. The Bertz CT molecular complexity index is 1520. The minimum atomic E-state index is -0.0444. The van der Waals surface area contributed by atoms with Gasteiger partial charge in [0.1, 0.15) is 5.52 Å². The summed E-state index contributed by atoms with van der Waals surface area (Å²) >= 11 is 0. The number of carbonyl (C=O) groups is 1. The number of pyridine rings is 2. The molecule has 1 fully saturated rings. The summed E-state index contributed by atoms with van der Waals surface area (Å²) in [5, 5.41) is 12.7. The number of likely N-dealkylation sites (tertiary alicyclic amines) is 1. The number of nitrogens with one attached hydrogen (secondary N) is 1. The molecule has 180 valence electrons. The number of aromatic nitrogens is 5. The van der Waals surface area contributed by atoms with Crippen molar-refractivity contribution >= 4 is 28.0 Å². The van der Waals surface area contributed by atoms with Gasteiger partial charge >= 0.3 is 0 Å². The summed E-state index contributed by atoms with van der Waals surface area (Å²) in [6.07, 6.45) is 4.31. The van der Waals surface area contributed by atoms with Gasteiger partial charge in [0.25, 0.3) is 5.91 Å². The van der Waals surface area contributed by atoms with Crippen molar-refractivity contribution in [3.05, 3.63) is 84.1 Å². The van der Waals surface area contributed by atoms with Crippen molar-refractivity contribution < 1.29 is 4.79 Å². The molecule has 0 aliphatic carbocycles. The topological polar surface area (TPSA) is 88.8 Å². The summed E-state index contributed by atoms with van der Waals surface area (Å²) in [5.41, 5.74) is 5.95. The fraction of sp³-hybridized carbons (Fsp3) is 0.250. The maximum atomic E-state index is 12.5. The van der Waals surface area contributed by atoms with Crippen molar-refractivity contribution in [2.24, 2.45) is 0 Å². The minimum absolute atomic E-state index is 0.0444. The Morgan fingerprint density at radius 3 is 2.64 bits per heavy atom. The highest BCUT2D eigenvalue weighted by Gasteiger charge is 2.13. The van der Waals surface area contributed by atoms with E-state index in [9.17, 15) is 4.79 Å². The van der Waals surface area contributed by atoms with E-state index in [0.29, 0.717) is 18.7 Å². The summed E-state index contributed by atoms with van der Waals surface area (Å²) in [7, 11) is 0. The Morgan fingerprint density at radius 1 is 0.944 bits per heavy atom. The zero-order valence-electron chi connectivity index (χ0n) is 20.0. The molecule has 0 spiro atoms. The van der Waals surface area contributed by atoms with Crippen LogP contribution in [0.15, 0.2) is 72.9 Å². The molecule has 0 atom stereocenters. The zero-order valence-corrected chi connectivity index (χ0v) is 20.0. The van der Waals surface area contributed by atoms with Crippen LogP contribution in [0.3, 0.4) is 0 Å². The lowest BCUT2D eigenvalue weighted by Gasteiger charge is -2.14. The first-order valence-electron chi connectivity index (χ1n) is 12.4. The van der Waals surface area contributed by atoms with Crippen molar-refractivity contribution in [3.8, 4) is 11.3 Å². The van der Waals surface area contributed by atoms with E-state index in [-0.39, 0.29) is 5.91 Å². The van der Waals surface area contributed by atoms with E-state index in [1.165, 1.54) is 12.8 Å². The van der Waals surface area contributed by atoms with Gasteiger partial charge in [-0.2, -0.15) is 0 Å². The van der Waals surface area contributed by atoms with Gasteiger partial charge in [-0.1, -0.05) is 29.5 Å². The lowest BCUT2D eigenvalue weighted by Crippen LogP contribution is -2.33. The van der Waals surface area contributed by atoms with Crippen LogP contribution in [-0.2, 0) is 6.54 Å². The van der Waals surface area contributed by atoms with Gasteiger partial charge in [0, 0.05) is 35.8 Å². The van der Waals surface area contributed by atoms with Crippen LogP contribution >= 0.6 is 0 Å². The number of benzene rings is 2. The molecule has 0 saturated carbocycles. The largest absolute Gasteiger partial charge is 0.351 e. The zero-order chi connectivity index (χ0) is 24.3. The molecule has 1 aliphatic rings. The van der Waals surface area contributed by atoms with Crippen molar-refractivity contribution in [3.63, 3.8) is 0 Å². The molecule has 6 rings (SSSR count). The van der Waals surface area contributed by atoms with Crippen molar-refractivity contribution in [2.75, 3.05) is 26.2 Å². The van der Waals surface area contributed by atoms with E-state index in [2.05, 4.69) is 43.7 Å². The third kappa shape index (κ3) is 4.67. The minimum Gasteiger partial charge on any atom is -0.351 e. The molecule has 4 heterocycles. The van der Waals surface area contributed by atoms with Crippen molar-refractivity contribution in [1.82, 2.24) is 35.2 Å². The SMILES string of the molecule is O=C(NCCN1CCCC1)c1ccc(-c2ccc3nnn(Cc4ccc5ncccc5c4)c3n2)cc1. The van der Waals surface area contributed by atoms with E-state index in [0.717, 1.165) is 58.5 Å². The smallest absolute Gasteiger partial charge is 0.251 e. The van der Waals surface area contributed by atoms with Crippen LogP contribution < -0.4 is 5.32 Å². The van der Waals surface area contributed by atoms with E-state index in [4.69, 9.17) is 4.98 Å².